The molecule has 0 unspecified atom stereocenters. The van der Waals surface area contributed by atoms with Crippen molar-refractivity contribution in [2.75, 3.05) is 6.54 Å². The highest BCUT2D eigenvalue weighted by molar-refractivity contribution is 4.89. The first-order chi connectivity index (χ1) is 4.90. The second kappa shape index (κ2) is 2.51. The van der Waals surface area contributed by atoms with Gasteiger partial charge < -0.3 is 10.5 Å². The van der Waals surface area contributed by atoms with Crippen molar-refractivity contribution in [1.82, 2.24) is 0 Å². The second-order valence-electron chi connectivity index (χ2n) is 3.45. The quantitative estimate of drug-likeness (QED) is 0.620. The van der Waals surface area contributed by atoms with Gasteiger partial charge in [0.2, 0.25) is 0 Å². The molecule has 0 aromatic carbocycles. The second-order valence-corrected chi connectivity index (χ2v) is 3.45. The van der Waals surface area contributed by atoms with Crippen LogP contribution in [-0.4, -0.2) is 18.8 Å². The molecule has 2 saturated heterocycles. The lowest BCUT2D eigenvalue weighted by molar-refractivity contribution is 0.0916. The molecule has 2 bridgehead atoms. The molecular weight excluding hydrogens is 126 g/mol. The van der Waals surface area contributed by atoms with Gasteiger partial charge in [0.25, 0.3) is 0 Å². The van der Waals surface area contributed by atoms with Gasteiger partial charge in [0, 0.05) is 0 Å². The molecule has 0 aromatic heterocycles. The Morgan fingerprint density at radius 3 is 2.80 bits per heavy atom. The first kappa shape index (κ1) is 6.62. The molecule has 10 heavy (non-hydrogen) atoms. The van der Waals surface area contributed by atoms with Gasteiger partial charge in [-0.2, -0.15) is 0 Å². The van der Waals surface area contributed by atoms with Crippen LogP contribution in [0.4, 0.5) is 0 Å². The largest absolute Gasteiger partial charge is 0.375 e. The fourth-order valence-electron chi connectivity index (χ4n) is 2.26. The van der Waals surface area contributed by atoms with E-state index in [1.165, 1.54) is 25.7 Å². The Morgan fingerprint density at radius 1 is 1.40 bits per heavy atom. The summed E-state index contributed by atoms with van der Waals surface area (Å²) in [6.45, 7) is 0.831. The van der Waals surface area contributed by atoms with Crippen LogP contribution in [0.2, 0.25) is 0 Å². The molecule has 2 aliphatic rings. The lowest BCUT2D eigenvalue weighted by atomic mass is 9.87. The van der Waals surface area contributed by atoms with Crippen LogP contribution >= 0.6 is 0 Å². The average Bonchev–Trinajstić information content (AvgIpc) is 2.48. The van der Waals surface area contributed by atoms with Gasteiger partial charge in [-0.3, -0.25) is 0 Å². The average molecular weight is 141 g/mol. The summed E-state index contributed by atoms with van der Waals surface area (Å²) in [4.78, 5) is 0. The molecule has 3 atom stereocenters. The Hall–Kier alpha value is -0.0800. The molecule has 0 amide bonds. The maximum atomic E-state index is 5.68. The van der Waals surface area contributed by atoms with Gasteiger partial charge in [0.1, 0.15) is 0 Å². The number of ether oxygens (including phenoxy) is 1. The van der Waals surface area contributed by atoms with Crippen LogP contribution in [0, 0.1) is 5.92 Å². The highest BCUT2D eigenvalue weighted by atomic mass is 16.5. The molecule has 58 valence electrons. The van der Waals surface area contributed by atoms with Crippen molar-refractivity contribution < 1.29 is 4.74 Å². The smallest absolute Gasteiger partial charge is 0.0609 e. The van der Waals surface area contributed by atoms with Crippen LogP contribution in [0.25, 0.3) is 0 Å². The molecule has 0 spiro atoms. The standard InChI is InChI=1S/C8H15NO/c9-4-3-6-5-7-1-2-8(6)10-7/h6-8H,1-5,9H2/t6-,7-,8+/m1/s1. The molecule has 2 N–H and O–H groups in total. The van der Waals surface area contributed by atoms with Crippen LogP contribution in [0.1, 0.15) is 25.7 Å². The maximum Gasteiger partial charge on any atom is 0.0609 e. The van der Waals surface area contributed by atoms with Crippen LogP contribution in [0.15, 0.2) is 0 Å². The van der Waals surface area contributed by atoms with E-state index in [0.717, 1.165) is 12.5 Å². The van der Waals surface area contributed by atoms with Crippen molar-refractivity contribution in [3.05, 3.63) is 0 Å². The van der Waals surface area contributed by atoms with Gasteiger partial charge in [-0.15, -0.1) is 0 Å². The van der Waals surface area contributed by atoms with E-state index in [0.29, 0.717) is 12.2 Å². The summed E-state index contributed by atoms with van der Waals surface area (Å²) < 4.78 is 5.68. The van der Waals surface area contributed by atoms with Gasteiger partial charge in [-0.05, 0) is 38.1 Å². The van der Waals surface area contributed by atoms with Gasteiger partial charge in [0.15, 0.2) is 0 Å². The molecule has 2 nitrogen and oxygen atoms in total. The minimum atomic E-state index is 0.577. The summed E-state index contributed by atoms with van der Waals surface area (Å²) in [7, 11) is 0. The lowest BCUT2D eigenvalue weighted by Gasteiger charge is -2.16. The minimum Gasteiger partial charge on any atom is -0.375 e. The van der Waals surface area contributed by atoms with Gasteiger partial charge >= 0.3 is 0 Å². The third-order valence-electron chi connectivity index (χ3n) is 2.77. The Kier molecular flexibility index (Phi) is 1.66. The molecule has 2 heteroatoms. The van der Waals surface area contributed by atoms with Crippen molar-refractivity contribution in [1.29, 1.82) is 0 Å². The first-order valence-electron chi connectivity index (χ1n) is 4.25. The van der Waals surface area contributed by atoms with Crippen molar-refractivity contribution in [2.45, 2.75) is 37.9 Å². The molecular formula is C8H15NO. The predicted octanol–water partition coefficient (Wildman–Crippen LogP) is 0.903. The van der Waals surface area contributed by atoms with E-state index in [1.54, 1.807) is 0 Å². The Morgan fingerprint density at radius 2 is 2.30 bits per heavy atom. The number of rotatable bonds is 2. The summed E-state index contributed by atoms with van der Waals surface area (Å²) in [6, 6.07) is 0. The van der Waals surface area contributed by atoms with Gasteiger partial charge in [-0.1, -0.05) is 0 Å². The van der Waals surface area contributed by atoms with Crippen LogP contribution < -0.4 is 5.73 Å². The number of nitrogens with two attached hydrogens (primary N) is 1. The highest BCUT2D eigenvalue weighted by Crippen LogP contribution is 2.39. The van der Waals surface area contributed by atoms with E-state index in [4.69, 9.17) is 10.5 Å². The maximum absolute atomic E-state index is 5.68. The highest BCUT2D eigenvalue weighted by Gasteiger charge is 2.39. The topological polar surface area (TPSA) is 35.2 Å². The monoisotopic (exact) mass is 141 g/mol. The van der Waals surface area contributed by atoms with E-state index in [2.05, 4.69) is 0 Å². The summed E-state index contributed by atoms with van der Waals surface area (Å²) in [5.41, 5.74) is 5.48. The summed E-state index contributed by atoms with van der Waals surface area (Å²) in [6.07, 6.45) is 6.21. The fraction of sp³-hybridized carbons (Fsp3) is 1.00. The van der Waals surface area contributed by atoms with Crippen LogP contribution in [0.3, 0.4) is 0 Å². The zero-order chi connectivity index (χ0) is 6.97. The predicted molar refractivity (Wildman–Crippen MR) is 39.7 cm³/mol. The van der Waals surface area contributed by atoms with E-state index < -0.39 is 0 Å². The molecule has 2 aliphatic heterocycles. The van der Waals surface area contributed by atoms with E-state index in [-0.39, 0.29) is 0 Å². The number of fused-ring (bicyclic) bond motifs is 2. The lowest BCUT2D eigenvalue weighted by Crippen LogP contribution is -2.19. The van der Waals surface area contributed by atoms with Crippen molar-refractivity contribution >= 4 is 0 Å². The molecule has 2 rings (SSSR count). The number of hydrogen-bond donors (Lipinski definition) is 1. The Bertz CT molecular complexity index is 126. The third-order valence-corrected chi connectivity index (χ3v) is 2.77. The van der Waals surface area contributed by atoms with Gasteiger partial charge in [-0.25, -0.2) is 0 Å². The summed E-state index contributed by atoms with van der Waals surface area (Å²) in [5.74, 6) is 0.795. The normalized spacial score (nSPS) is 44.7. The Balaban J connectivity index is 1.90. The first-order valence-corrected chi connectivity index (χ1v) is 4.25. The fourth-order valence-corrected chi connectivity index (χ4v) is 2.26. The molecule has 0 radical (unpaired) electrons. The third kappa shape index (κ3) is 0.956. The molecule has 0 saturated carbocycles. The molecule has 2 fully saturated rings. The van der Waals surface area contributed by atoms with E-state index in [1.807, 2.05) is 0 Å². The van der Waals surface area contributed by atoms with Crippen molar-refractivity contribution in [2.24, 2.45) is 11.7 Å². The Labute approximate surface area is 61.7 Å². The molecule has 2 heterocycles. The van der Waals surface area contributed by atoms with Crippen molar-refractivity contribution in [3.63, 3.8) is 0 Å². The number of hydrogen-bond acceptors (Lipinski definition) is 2. The minimum absolute atomic E-state index is 0.577. The SMILES string of the molecule is NCC[C@@H]1C[C@H]2CC[C@@H]1O2. The summed E-state index contributed by atoms with van der Waals surface area (Å²) >= 11 is 0. The molecule has 0 aromatic rings. The van der Waals surface area contributed by atoms with Crippen molar-refractivity contribution in [3.8, 4) is 0 Å². The van der Waals surface area contributed by atoms with E-state index in [9.17, 15) is 0 Å². The summed E-state index contributed by atoms with van der Waals surface area (Å²) in [5, 5.41) is 0. The van der Waals surface area contributed by atoms with E-state index >= 15 is 0 Å². The molecule has 0 aliphatic carbocycles. The zero-order valence-corrected chi connectivity index (χ0v) is 6.25. The van der Waals surface area contributed by atoms with Crippen LogP contribution in [0.5, 0.6) is 0 Å². The zero-order valence-electron chi connectivity index (χ0n) is 6.25. The van der Waals surface area contributed by atoms with Gasteiger partial charge in [0.05, 0.1) is 12.2 Å². The van der Waals surface area contributed by atoms with Crippen LogP contribution in [-0.2, 0) is 4.74 Å².